The molecule has 0 saturated heterocycles. The predicted octanol–water partition coefficient (Wildman–Crippen LogP) is 3.87. The number of esters is 1. The van der Waals surface area contributed by atoms with E-state index in [9.17, 15) is 9.90 Å². The van der Waals surface area contributed by atoms with E-state index in [0.29, 0.717) is 17.9 Å². The quantitative estimate of drug-likeness (QED) is 0.301. The Balaban J connectivity index is 2.35. The third-order valence-electron chi connectivity index (χ3n) is 3.67. The summed E-state index contributed by atoms with van der Waals surface area (Å²) in [4.78, 5) is 12.0. The maximum absolute atomic E-state index is 12.0. The smallest absolute Gasteiger partial charge is 0.338 e. The summed E-state index contributed by atoms with van der Waals surface area (Å²) < 4.78 is 8.51. The molecule has 0 aliphatic carbocycles. The zero-order valence-electron chi connectivity index (χ0n) is 12.7. The highest BCUT2D eigenvalue weighted by Crippen LogP contribution is 2.36. The molecule has 1 N–H and O–H groups in total. The normalized spacial score (nSPS) is 11.1. The first-order valence-electron chi connectivity index (χ1n) is 7.22. The van der Waals surface area contributed by atoms with Crippen LogP contribution in [0.4, 0.5) is 0 Å². The van der Waals surface area contributed by atoms with Gasteiger partial charge in [-0.15, -0.1) is 0 Å². The topological polar surface area (TPSA) is 51.5 Å². The van der Waals surface area contributed by atoms with Gasteiger partial charge in [-0.25, -0.2) is 4.79 Å². The van der Waals surface area contributed by atoms with Crippen molar-refractivity contribution in [2.24, 2.45) is 0 Å². The van der Waals surface area contributed by atoms with Gasteiger partial charge in [0.25, 0.3) is 0 Å². The van der Waals surface area contributed by atoms with E-state index in [4.69, 9.17) is 4.74 Å². The number of halogens is 1. The summed E-state index contributed by atoms with van der Waals surface area (Å²) in [7, 11) is 0. The summed E-state index contributed by atoms with van der Waals surface area (Å²) in [6.07, 6.45) is 0. The minimum atomic E-state index is -0.450. The fraction of sp³-hybridized carbons (Fsp3) is 0.167. The molecular weight excluding hydrogens is 405 g/mol. The van der Waals surface area contributed by atoms with Gasteiger partial charge in [0.05, 0.1) is 12.1 Å². The van der Waals surface area contributed by atoms with Gasteiger partial charge in [-0.3, -0.25) is 0 Å². The van der Waals surface area contributed by atoms with Crippen LogP contribution >= 0.6 is 22.6 Å². The fourth-order valence-electron chi connectivity index (χ4n) is 2.71. The van der Waals surface area contributed by atoms with Gasteiger partial charge < -0.3 is 14.4 Å². The van der Waals surface area contributed by atoms with Gasteiger partial charge in [-0.05, 0) is 47.7 Å². The van der Waals surface area contributed by atoms with Crippen LogP contribution in [-0.4, -0.2) is 22.2 Å². The maximum atomic E-state index is 12.0. The van der Waals surface area contributed by atoms with Gasteiger partial charge in [-0.1, -0.05) is 24.8 Å². The number of hydrogen-bond donors (Lipinski definition) is 1. The van der Waals surface area contributed by atoms with Crippen LogP contribution in [0, 0.1) is 3.57 Å². The van der Waals surface area contributed by atoms with E-state index >= 15 is 0 Å². The van der Waals surface area contributed by atoms with E-state index in [1.54, 1.807) is 6.92 Å². The Bertz CT molecular complexity index is 927. The van der Waals surface area contributed by atoms with E-state index in [-0.39, 0.29) is 6.61 Å². The first-order chi connectivity index (χ1) is 11.0. The molecular formula is C18H16INO3. The number of para-hydroxylation sites is 1. The number of carbonyl (C=O) groups excluding carboxylic acids is 1. The van der Waals surface area contributed by atoms with Crippen LogP contribution in [0.3, 0.4) is 0 Å². The summed E-state index contributed by atoms with van der Waals surface area (Å²) in [5, 5.41) is 11.5. The molecule has 0 radical (unpaired) electrons. The largest absolute Gasteiger partial charge is 0.421 e. The molecule has 5 heteroatoms. The van der Waals surface area contributed by atoms with Gasteiger partial charge in [-0.2, -0.15) is 0 Å². The molecule has 0 saturated carbocycles. The van der Waals surface area contributed by atoms with E-state index in [0.717, 1.165) is 25.4 Å². The Morgan fingerprint density at radius 2 is 2.04 bits per heavy atom. The van der Waals surface area contributed by atoms with Crippen molar-refractivity contribution in [3.05, 3.63) is 52.1 Å². The average Bonchev–Trinajstić information content (AvgIpc) is 2.82. The maximum Gasteiger partial charge on any atom is 0.338 e. The zero-order valence-corrected chi connectivity index (χ0v) is 14.8. The number of fused-ring (bicyclic) bond motifs is 3. The second-order valence-corrected chi connectivity index (χ2v) is 6.61. The Morgan fingerprint density at radius 3 is 2.74 bits per heavy atom. The molecule has 1 heterocycles. The molecule has 0 aliphatic heterocycles. The first-order valence-corrected chi connectivity index (χ1v) is 8.30. The molecule has 0 atom stereocenters. The van der Waals surface area contributed by atoms with Crippen molar-refractivity contribution >= 4 is 50.4 Å². The minimum Gasteiger partial charge on any atom is -0.421 e. The molecule has 3 rings (SSSR count). The number of aliphatic hydroxyl groups is 1. The molecule has 0 fully saturated rings. The van der Waals surface area contributed by atoms with E-state index in [1.165, 1.54) is 0 Å². The molecule has 3 aromatic rings. The summed E-state index contributed by atoms with van der Waals surface area (Å²) in [6.45, 7) is 5.69. The number of nitrogens with zero attached hydrogens (tertiary/aromatic N) is 1. The highest BCUT2D eigenvalue weighted by atomic mass is 127. The third kappa shape index (κ3) is 2.86. The number of hydrogen-bond acceptors (Lipinski definition) is 3. The number of ether oxygens (including phenoxy) is 1. The van der Waals surface area contributed by atoms with Gasteiger partial charge in [0.2, 0.25) is 0 Å². The van der Waals surface area contributed by atoms with E-state index < -0.39 is 5.97 Å². The predicted molar refractivity (Wildman–Crippen MR) is 99.7 cm³/mol. The monoisotopic (exact) mass is 421 g/mol. The van der Waals surface area contributed by atoms with Crippen molar-refractivity contribution in [1.82, 2.24) is 4.57 Å². The van der Waals surface area contributed by atoms with Crippen molar-refractivity contribution in [3.8, 4) is 5.75 Å². The van der Waals surface area contributed by atoms with Crippen LogP contribution in [0.25, 0.3) is 21.8 Å². The van der Waals surface area contributed by atoms with Crippen LogP contribution in [0.2, 0.25) is 0 Å². The highest BCUT2D eigenvalue weighted by Gasteiger charge is 2.17. The Kier molecular flexibility index (Phi) is 4.41. The van der Waals surface area contributed by atoms with Gasteiger partial charge in [0.1, 0.15) is 0 Å². The molecule has 0 aliphatic rings. The van der Waals surface area contributed by atoms with Crippen LogP contribution in [0.1, 0.15) is 6.92 Å². The lowest BCUT2D eigenvalue weighted by Crippen LogP contribution is -2.10. The Hall–Kier alpha value is -1.86. The van der Waals surface area contributed by atoms with Crippen molar-refractivity contribution in [2.75, 3.05) is 6.61 Å². The van der Waals surface area contributed by atoms with Crippen molar-refractivity contribution in [2.45, 2.75) is 13.5 Å². The van der Waals surface area contributed by atoms with Crippen molar-refractivity contribution < 1.29 is 14.6 Å². The molecule has 4 nitrogen and oxygen atoms in total. The standard InChI is InChI=1S/C18H16INO3/c1-11(2)18(22)23-16-10-12(19)9-14-13-5-3-4-6-15(13)20(7-8-21)17(14)16/h3-6,9-10,21H,1,7-8H2,2H3. The highest BCUT2D eigenvalue weighted by molar-refractivity contribution is 14.1. The van der Waals surface area contributed by atoms with Crippen molar-refractivity contribution in [1.29, 1.82) is 0 Å². The number of aliphatic hydroxyl groups excluding tert-OH is 1. The lowest BCUT2D eigenvalue weighted by Gasteiger charge is -2.10. The number of rotatable bonds is 4. The Labute approximate surface area is 147 Å². The minimum absolute atomic E-state index is 0.00757. The van der Waals surface area contributed by atoms with Crippen LogP contribution in [0.5, 0.6) is 5.75 Å². The zero-order chi connectivity index (χ0) is 16.6. The molecule has 0 bridgehead atoms. The lowest BCUT2D eigenvalue weighted by atomic mass is 10.1. The number of carbonyl (C=O) groups is 1. The molecule has 2 aromatic carbocycles. The number of aromatic nitrogens is 1. The molecule has 118 valence electrons. The lowest BCUT2D eigenvalue weighted by molar-refractivity contribution is -0.130. The van der Waals surface area contributed by atoms with E-state index in [2.05, 4.69) is 35.2 Å². The second-order valence-electron chi connectivity index (χ2n) is 5.36. The first kappa shape index (κ1) is 16.0. The molecule has 23 heavy (non-hydrogen) atoms. The number of benzene rings is 2. The van der Waals surface area contributed by atoms with Crippen LogP contribution < -0.4 is 4.74 Å². The third-order valence-corrected chi connectivity index (χ3v) is 4.29. The molecule has 0 spiro atoms. The molecule has 1 aromatic heterocycles. The summed E-state index contributed by atoms with van der Waals surface area (Å²) in [5.41, 5.74) is 2.17. The van der Waals surface area contributed by atoms with Gasteiger partial charge >= 0.3 is 5.97 Å². The summed E-state index contributed by atoms with van der Waals surface area (Å²) >= 11 is 2.21. The Morgan fingerprint density at radius 1 is 1.30 bits per heavy atom. The van der Waals surface area contributed by atoms with Crippen LogP contribution in [0.15, 0.2) is 48.6 Å². The SMILES string of the molecule is C=C(C)C(=O)Oc1cc(I)cc2c3ccccc3n(CCO)c12. The van der Waals surface area contributed by atoms with Gasteiger partial charge in [0.15, 0.2) is 5.75 Å². The second kappa shape index (κ2) is 6.33. The average molecular weight is 421 g/mol. The molecule has 0 amide bonds. The van der Waals surface area contributed by atoms with Gasteiger partial charge in [0, 0.05) is 32.0 Å². The fourth-order valence-corrected chi connectivity index (χ4v) is 3.31. The van der Waals surface area contributed by atoms with Crippen molar-refractivity contribution in [3.63, 3.8) is 0 Å². The van der Waals surface area contributed by atoms with Crippen LogP contribution in [-0.2, 0) is 11.3 Å². The summed E-state index contributed by atoms with van der Waals surface area (Å²) in [6, 6.07) is 11.9. The summed E-state index contributed by atoms with van der Waals surface area (Å²) in [5.74, 6) is 0.0404. The molecule has 0 unspecified atom stereocenters. The van der Waals surface area contributed by atoms with E-state index in [1.807, 2.05) is 34.9 Å².